The third-order valence-corrected chi connectivity index (χ3v) is 5.54. The summed E-state index contributed by atoms with van der Waals surface area (Å²) in [7, 11) is 0. The highest BCUT2D eigenvalue weighted by atomic mass is 79.9. The zero-order valence-electron chi connectivity index (χ0n) is 8.13. The summed E-state index contributed by atoms with van der Waals surface area (Å²) >= 11 is 7.29. The van der Waals surface area contributed by atoms with Gasteiger partial charge in [0.25, 0.3) is 0 Å². The molecule has 0 atom stereocenters. The van der Waals surface area contributed by atoms with E-state index in [-0.39, 0.29) is 0 Å². The van der Waals surface area contributed by atoms with Crippen LogP contribution < -0.4 is 0 Å². The van der Waals surface area contributed by atoms with E-state index < -0.39 is 0 Å². The van der Waals surface area contributed by atoms with Crippen molar-refractivity contribution in [2.45, 2.75) is 16.5 Å². The molecular formula is C11H11BrS2. The summed E-state index contributed by atoms with van der Waals surface area (Å²) in [6.07, 6.45) is 2.14. The summed E-state index contributed by atoms with van der Waals surface area (Å²) in [6.45, 7) is 2.21. The predicted octanol–water partition coefficient (Wildman–Crippen LogP) is 4.83. The van der Waals surface area contributed by atoms with E-state index in [4.69, 9.17) is 0 Å². The van der Waals surface area contributed by atoms with Crippen molar-refractivity contribution in [3.05, 3.63) is 29.3 Å². The number of thiophene rings is 1. The lowest BCUT2D eigenvalue weighted by molar-refractivity contribution is 1.46. The number of rotatable bonds is 2. The Hall–Kier alpha value is 0.01000. The Bertz CT molecular complexity index is 460. The first-order chi connectivity index (χ1) is 6.77. The number of aryl methyl sites for hydroxylation is 1. The fourth-order valence-electron chi connectivity index (χ4n) is 1.58. The molecule has 0 fully saturated rings. The molecule has 74 valence electrons. The second-order valence-corrected chi connectivity index (χ2v) is 5.80. The van der Waals surface area contributed by atoms with Crippen LogP contribution in [0.15, 0.2) is 22.4 Å². The highest BCUT2D eigenvalue weighted by molar-refractivity contribution is 9.08. The number of thioether (sulfide) groups is 1. The molecule has 0 saturated carbocycles. The summed E-state index contributed by atoms with van der Waals surface area (Å²) in [6, 6.07) is 6.55. The lowest BCUT2D eigenvalue weighted by Crippen LogP contribution is -1.76. The van der Waals surface area contributed by atoms with Crippen LogP contribution in [0.3, 0.4) is 0 Å². The number of benzene rings is 1. The molecule has 1 heterocycles. The van der Waals surface area contributed by atoms with E-state index in [0.29, 0.717) is 0 Å². The summed E-state index contributed by atoms with van der Waals surface area (Å²) in [5.41, 5.74) is 2.83. The van der Waals surface area contributed by atoms with Gasteiger partial charge in [-0.05, 0) is 29.7 Å². The Balaban J connectivity index is 2.77. The van der Waals surface area contributed by atoms with E-state index in [1.165, 1.54) is 25.4 Å². The van der Waals surface area contributed by atoms with Gasteiger partial charge in [-0.2, -0.15) is 0 Å². The van der Waals surface area contributed by atoms with Gasteiger partial charge in [0.1, 0.15) is 0 Å². The van der Waals surface area contributed by atoms with E-state index in [9.17, 15) is 0 Å². The second kappa shape index (κ2) is 4.25. The van der Waals surface area contributed by atoms with Crippen LogP contribution in [0.25, 0.3) is 10.1 Å². The van der Waals surface area contributed by atoms with E-state index in [1.807, 2.05) is 23.1 Å². The van der Waals surface area contributed by atoms with Crippen LogP contribution in [0.2, 0.25) is 0 Å². The zero-order chi connectivity index (χ0) is 10.1. The molecule has 0 nitrogen and oxygen atoms in total. The van der Waals surface area contributed by atoms with E-state index in [2.05, 4.69) is 47.3 Å². The van der Waals surface area contributed by atoms with Crippen molar-refractivity contribution >= 4 is 49.1 Å². The average Bonchev–Trinajstić information content (AvgIpc) is 2.55. The minimum Gasteiger partial charge on any atom is -0.128 e. The Morgan fingerprint density at radius 1 is 1.43 bits per heavy atom. The van der Waals surface area contributed by atoms with Gasteiger partial charge in [-0.3, -0.25) is 0 Å². The fourth-order valence-corrected chi connectivity index (χ4v) is 4.28. The molecule has 0 spiro atoms. The predicted molar refractivity (Wildman–Crippen MR) is 71.0 cm³/mol. The van der Waals surface area contributed by atoms with Gasteiger partial charge in [0.05, 0.1) is 4.21 Å². The molecule has 0 unspecified atom stereocenters. The molecule has 1 aromatic carbocycles. The summed E-state index contributed by atoms with van der Waals surface area (Å²) in [5, 5.41) is 2.36. The van der Waals surface area contributed by atoms with E-state index in [0.717, 1.165) is 5.33 Å². The molecule has 14 heavy (non-hydrogen) atoms. The molecule has 0 amide bonds. The topological polar surface area (TPSA) is 0 Å². The fraction of sp³-hybridized carbons (Fsp3) is 0.273. The lowest BCUT2D eigenvalue weighted by atomic mass is 10.1. The first-order valence-electron chi connectivity index (χ1n) is 4.39. The van der Waals surface area contributed by atoms with Crippen molar-refractivity contribution in [2.24, 2.45) is 0 Å². The van der Waals surface area contributed by atoms with Crippen LogP contribution in [0.4, 0.5) is 0 Å². The zero-order valence-corrected chi connectivity index (χ0v) is 11.4. The standard InChI is InChI=1S/C11H11BrS2/c1-7-9-5-3-4-8(6-12)10(9)14-11(7)13-2/h3-5H,6H2,1-2H3. The minimum atomic E-state index is 0.943. The normalized spacial score (nSPS) is 11.1. The van der Waals surface area contributed by atoms with Crippen LogP contribution in [-0.4, -0.2) is 6.26 Å². The van der Waals surface area contributed by atoms with Gasteiger partial charge < -0.3 is 0 Å². The number of hydrogen-bond acceptors (Lipinski definition) is 2. The maximum Gasteiger partial charge on any atom is 0.0637 e. The van der Waals surface area contributed by atoms with Gasteiger partial charge in [-0.25, -0.2) is 0 Å². The highest BCUT2D eigenvalue weighted by Crippen LogP contribution is 2.38. The van der Waals surface area contributed by atoms with Gasteiger partial charge in [0.2, 0.25) is 0 Å². The molecule has 1 aromatic heterocycles. The molecule has 0 aliphatic heterocycles. The molecule has 0 aliphatic carbocycles. The Labute approximate surface area is 101 Å². The molecule has 0 aliphatic rings. The Kier molecular flexibility index (Phi) is 3.20. The largest absolute Gasteiger partial charge is 0.128 e. The van der Waals surface area contributed by atoms with Gasteiger partial charge >= 0.3 is 0 Å². The van der Waals surface area contributed by atoms with Crippen molar-refractivity contribution in [3.63, 3.8) is 0 Å². The smallest absolute Gasteiger partial charge is 0.0637 e. The lowest BCUT2D eigenvalue weighted by Gasteiger charge is -1.97. The molecule has 0 bridgehead atoms. The molecule has 0 saturated heterocycles. The summed E-state index contributed by atoms with van der Waals surface area (Å²) < 4.78 is 2.87. The van der Waals surface area contributed by atoms with E-state index >= 15 is 0 Å². The number of alkyl halides is 1. The van der Waals surface area contributed by atoms with E-state index in [1.54, 1.807) is 0 Å². The monoisotopic (exact) mass is 286 g/mol. The summed E-state index contributed by atoms with van der Waals surface area (Å²) in [4.78, 5) is 0. The first kappa shape index (κ1) is 10.5. The minimum absolute atomic E-state index is 0.943. The third kappa shape index (κ3) is 1.62. The van der Waals surface area contributed by atoms with Crippen LogP contribution >= 0.6 is 39.0 Å². The van der Waals surface area contributed by atoms with Gasteiger partial charge in [0.15, 0.2) is 0 Å². The second-order valence-electron chi connectivity index (χ2n) is 3.15. The first-order valence-corrected chi connectivity index (χ1v) is 7.55. The van der Waals surface area contributed by atoms with Crippen molar-refractivity contribution in [1.29, 1.82) is 0 Å². The van der Waals surface area contributed by atoms with Crippen molar-refractivity contribution in [3.8, 4) is 0 Å². The number of halogens is 1. The van der Waals surface area contributed by atoms with Crippen LogP contribution in [0.5, 0.6) is 0 Å². The maximum atomic E-state index is 3.53. The van der Waals surface area contributed by atoms with Gasteiger partial charge in [0, 0.05) is 10.0 Å². The third-order valence-electron chi connectivity index (χ3n) is 2.33. The van der Waals surface area contributed by atoms with Gasteiger partial charge in [-0.1, -0.05) is 34.1 Å². The van der Waals surface area contributed by atoms with Crippen molar-refractivity contribution < 1.29 is 0 Å². The van der Waals surface area contributed by atoms with Gasteiger partial charge in [-0.15, -0.1) is 23.1 Å². The molecular weight excluding hydrogens is 276 g/mol. The molecule has 2 rings (SSSR count). The summed E-state index contributed by atoms with van der Waals surface area (Å²) in [5.74, 6) is 0. The number of hydrogen-bond donors (Lipinski definition) is 0. The van der Waals surface area contributed by atoms with Crippen molar-refractivity contribution in [2.75, 3.05) is 6.26 Å². The Morgan fingerprint density at radius 3 is 2.86 bits per heavy atom. The maximum absolute atomic E-state index is 3.53. The van der Waals surface area contributed by atoms with Crippen LogP contribution in [-0.2, 0) is 5.33 Å². The van der Waals surface area contributed by atoms with Crippen LogP contribution in [0, 0.1) is 6.92 Å². The quantitative estimate of drug-likeness (QED) is 0.563. The van der Waals surface area contributed by atoms with Crippen LogP contribution in [0.1, 0.15) is 11.1 Å². The molecule has 0 radical (unpaired) electrons. The highest BCUT2D eigenvalue weighted by Gasteiger charge is 2.09. The number of fused-ring (bicyclic) bond motifs is 1. The molecule has 0 N–H and O–H groups in total. The Morgan fingerprint density at radius 2 is 2.21 bits per heavy atom. The van der Waals surface area contributed by atoms with Crippen molar-refractivity contribution in [1.82, 2.24) is 0 Å². The average molecular weight is 287 g/mol. The molecule has 3 heteroatoms. The SMILES string of the molecule is CSc1sc2c(CBr)cccc2c1C. The molecule has 2 aromatic rings.